The molecule has 156 valence electrons. The maximum Gasteiger partial charge on any atom is 0.300 e. The van der Waals surface area contributed by atoms with E-state index in [9.17, 15) is 4.79 Å². The van der Waals surface area contributed by atoms with Crippen LogP contribution in [0.3, 0.4) is 0 Å². The summed E-state index contributed by atoms with van der Waals surface area (Å²) in [6.07, 6.45) is 5.60. The van der Waals surface area contributed by atoms with Crippen LogP contribution in [0.5, 0.6) is 0 Å². The molecule has 9 heteroatoms. The van der Waals surface area contributed by atoms with Crippen LogP contribution in [-0.4, -0.2) is 51.1 Å². The fourth-order valence-electron chi connectivity index (χ4n) is 2.63. The Hall–Kier alpha value is -3.49. The second kappa shape index (κ2) is 12.1. The highest BCUT2D eigenvalue weighted by atomic mass is 16.4. The normalized spacial score (nSPS) is 12.3. The first-order valence-corrected chi connectivity index (χ1v) is 9.01. The van der Waals surface area contributed by atoms with Crippen LogP contribution in [0, 0.1) is 0 Å². The van der Waals surface area contributed by atoms with E-state index in [1.807, 2.05) is 24.4 Å². The molecule has 4 rings (SSSR count). The SMILES string of the molecule is CC(=O)N1CCc2cccnc21.CC(=O)O.CC(=O)O.c1cnc2c(c1)CCN2. The lowest BCUT2D eigenvalue weighted by Gasteiger charge is -2.12. The van der Waals surface area contributed by atoms with Crippen molar-refractivity contribution in [1.82, 2.24) is 9.97 Å². The second-order valence-corrected chi connectivity index (χ2v) is 6.13. The smallest absolute Gasteiger partial charge is 0.300 e. The number of hydrogen-bond acceptors (Lipinski definition) is 6. The van der Waals surface area contributed by atoms with Crippen LogP contribution in [0.1, 0.15) is 31.9 Å². The standard InChI is InChI=1S/C9H10N2O.C7H8N2.2C2H4O2/c1-7(12)11-6-4-8-3-2-5-10-9(8)11;1-2-6-3-5-9-7(6)8-4-1;2*1-2(3)4/h2-3,5H,4,6H2,1H3;1-2,4H,3,5H2,(H,8,9);2*1H3,(H,3,4). The molecule has 2 aliphatic heterocycles. The molecule has 2 aromatic heterocycles. The predicted octanol–water partition coefficient (Wildman–Crippen LogP) is 2.22. The molecule has 4 heterocycles. The fraction of sp³-hybridized carbons (Fsp3) is 0.350. The Kier molecular flexibility index (Phi) is 9.80. The minimum atomic E-state index is -0.833. The summed E-state index contributed by atoms with van der Waals surface area (Å²) in [5.74, 6) is 0.315. The Morgan fingerprint density at radius 3 is 2.03 bits per heavy atom. The summed E-state index contributed by atoms with van der Waals surface area (Å²) in [5.41, 5.74) is 2.52. The van der Waals surface area contributed by atoms with Crippen molar-refractivity contribution >= 4 is 29.5 Å². The number of nitrogens with zero attached hydrogens (tertiary/aromatic N) is 3. The van der Waals surface area contributed by atoms with Gasteiger partial charge < -0.3 is 15.5 Å². The van der Waals surface area contributed by atoms with Gasteiger partial charge in [-0.15, -0.1) is 0 Å². The lowest BCUT2D eigenvalue weighted by molar-refractivity contribution is -0.135. The number of carboxylic acid groups (broad SMARTS) is 2. The molecule has 0 bridgehead atoms. The van der Waals surface area contributed by atoms with Gasteiger partial charge in [-0.1, -0.05) is 12.1 Å². The van der Waals surface area contributed by atoms with Crippen LogP contribution in [0.4, 0.5) is 11.6 Å². The Bertz CT molecular complexity index is 798. The quantitative estimate of drug-likeness (QED) is 0.611. The van der Waals surface area contributed by atoms with Crippen LogP contribution in [0.25, 0.3) is 0 Å². The van der Waals surface area contributed by atoms with Gasteiger partial charge in [0.05, 0.1) is 0 Å². The number of carbonyl (C=O) groups is 3. The molecular formula is C20H26N4O5. The topological polar surface area (TPSA) is 133 Å². The largest absolute Gasteiger partial charge is 0.481 e. The third-order valence-corrected chi connectivity index (χ3v) is 3.69. The zero-order valence-electron chi connectivity index (χ0n) is 16.8. The average Bonchev–Trinajstić information content (AvgIpc) is 3.28. The van der Waals surface area contributed by atoms with Crippen molar-refractivity contribution in [2.45, 2.75) is 33.6 Å². The minimum Gasteiger partial charge on any atom is -0.481 e. The number of pyridine rings is 2. The second-order valence-electron chi connectivity index (χ2n) is 6.13. The van der Waals surface area contributed by atoms with Gasteiger partial charge >= 0.3 is 0 Å². The molecular weight excluding hydrogens is 376 g/mol. The minimum absolute atomic E-state index is 0.0763. The Labute approximate surface area is 169 Å². The zero-order valence-corrected chi connectivity index (χ0v) is 16.8. The molecule has 0 saturated heterocycles. The van der Waals surface area contributed by atoms with Gasteiger partial charge in [0.15, 0.2) is 0 Å². The molecule has 0 saturated carbocycles. The zero-order chi connectivity index (χ0) is 21.8. The van der Waals surface area contributed by atoms with Crippen molar-refractivity contribution in [3.8, 4) is 0 Å². The number of anilines is 2. The van der Waals surface area contributed by atoms with Gasteiger partial charge in [-0.05, 0) is 36.1 Å². The van der Waals surface area contributed by atoms with Gasteiger partial charge in [0.2, 0.25) is 5.91 Å². The maximum atomic E-state index is 11.1. The number of rotatable bonds is 0. The summed E-state index contributed by atoms with van der Waals surface area (Å²) in [6, 6.07) is 8.02. The van der Waals surface area contributed by atoms with Gasteiger partial charge in [0.25, 0.3) is 11.9 Å². The van der Waals surface area contributed by atoms with Gasteiger partial charge in [-0.25, -0.2) is 9.97 Å². The number of aliphatic carboxylic acids is 2. The lowest BCUT2D eigenvalue weighted by Crippen LogP contribution is -2.26. The molecule has 3 N–H and O–H groups in total. The lowest BCUT2D eigenvalue weighted by atomic mass is 10.2. The van der Waals surface area contributed by atoms with E-state index in [0.717, 1.165) is 51.4 Å². The maximum absolute atomic E-state index is 11.1. The van der Waals surface area contributed by atoms with Gasteiger partial charge in [-0.3, -0.25) is 19.3 Å². The molecule has 2 aliphatic rings. The number of carboxylic acids is 2. The van der Waals surface area contributed by atoms with E-state index in [0.29, 0.717) is 0 Å². The van der Waals surface area contributed by atoms with Crippen molar-refractivity contribution in [1.29, 1.82) is 0 Å². The number of fused-ring (bicyclic) bond motifs is 2. The third-order valence-electron chi connectivity index (χ3n) is 3.69. The van der Waals surface area contributed by atoms with E-state index < -0.39 is 11.9 Å². The molecule has 0 fully saturated rings. The van der Waals surface area contributed by atoms with E-state index in [1.54, 1.807) is 18.0 Å². The van der Waals surface area contributed by atoms with Gasteiger partial charge in [0, 0.05) is 46.3 Å². The Morgan fingerprint density at radius 2 is 1.48 bits per heavy atom. The first-order valence-electron chi connectivity index (χ1n) is 9.01. The first-order chi connectivity index (χ1) is 13.7. The molecule has 0 atom stereocenters. The molecule has 29 heavy (non-hydrogen) atoms. The van der Waals surface area contributed by atoms with Crippen molar-refractivity contribution < 1.29 is 24.6 Å². The predicted molar refractivity (Wildman–Crippen MR) is 109 cm³/mol. The number of hydrogen-bond donors (Lipinski definition) is 3. The van der Waals surface area contributed by atoms with E-state index >= 15 is 0 Å². The summed E-state index contributed by atoms with van der Waals surface area (Å²) in [5, 5.41) is 18.0. The van der Waals surface area contributed by atoms with Crippen molar-refractivity contribution in [3.05, 3.63) is 47.8 Å². The summed E-state index contributed by atoms with van der Waals surface area (Å²) in [7, 11) is 0. The monoisotopic (exact) mass is 402 g/mol. The van der Waals surface area contributed by atoms with Gasteiger partial charge in [0.1, 0.15) is 11.6 Å². The molecule has 9 nitrogen and oxygen atoms in total. The third kappa shape index (κ3) is 8.83. The highest BCUT2D eigenvalue weighted by Crippen LogP contribution is 2.24. The van der Waals surface area contributed by atoms with Crippen molar-refractivity contribution in [2.75, 3.05) is 23.3 Å². The van der Waals surface area contributed by atoms with E-state index in [-0.39, 0.29) is 5.91 Å². The molecule has 0 radical (unpaired) electrons. The highest BCUT2D eigenvalue weighted by Gasteiger charge is 2.22. The van der Waals surface area contributed by atoms with E-state index in [2.05, 4.69) is 21.4 Å². The number of aromatic nitrogens is 2. The summed E-state index contributed by atoms with van der Waals surface area (Å²) < 4.78 is 0. The average molecular weight is 402 g/mol. The van der Waals surface area contributed by atoms with Crippen LogP contribution >= 0.6 is 0 Å². The molecule has 0 aliphatic carbocycles. The summed E-state index contributed by atoms with van der Waals surface area (Å²) >= 11 is 0. The van der Waals surface area contributed by atoms with E-state index in [1.165, 1.54) is 11.1 Å². The van der Waals surface area contributed by atoms with Crippen LogP contribution in [-0.2, 0) is 27.2 Å². The van der Waals surface area contributed by atoms with Crippen molar-refractivity contribution in [3.63, 3.8) is 0 Å². The first kappa shape index (κ1) is 23.5. The van der Waals surface area contributed by atoms with Crippen LogP contribution in [0.15, 0.2) is 36.7 Å². The molecule has 1 amide bonds. The summed E-state index contributed by atoms with van der Waals surface area (Å²) in [4.78, 5) is 39.1. The Morgan fingerprint density at radius 1 is 0.931 bits per heavy atom. The highest BCUT2D eigenvalue weighted by molar-refractivity contribution is 5.92. The summed E-state index contributed by atoms with van der Waals surface area (Å²) in [6.45, 7) is 5.57. The van der Waals surface area contributed by atoms with E-state index in [4.69, 9.17) is 19.8 Å². The number of carbonyl (C=O) groups excluding carboxylic acids is 1. The van der Waals surface area contributed by atoms with Crippen LogP contribution < -0.4 is 10.2 Å². The molecule has 0 spiro atoms. The molecule has 2 aromatic rings. The number of nitrogens with one attached hydrogen (secondary N) is 1. The van der Waals surface area contributed by atoms with Crippen molar-refractivity contribution in [2.24, 2.45) is 0 Å². The number of amides is 1. The van der Waals surface area contributed by atoms with Crippen LogP contribution in [0.2, 0.25) is 0 Å². The Balaban J connectivity index is 0.000000218. The molecule has 0 unspecified atom stereocenters. The fourth-order valence-corrected chi connectivity index (χ4v) is 2.63. The molecule has 0 aromatic carbocycles. The van der Waals surface area contributed by atoms with Gasteiger partial charge in [-0.2, -0.15) is 0 Å².